The second kappa shape index (κ2) is 7.24. The first-order valence-electron chi connectivity index (χ1n) is 6.71. The molecule has 0 radical (unpaired) electrons. The average Bonchev–Trinajstić information content (AvgIpc) is 2.98. The van der Waals surface area contributed by atoms with Gasteiger partial charge in [-0.25, -0.2) is 0 Å². The molecule has 0 spiro atoms. The van der Waals surface area contributed by atoms with Gasteiger partial charge in [0.05, 0.1) is 0 Å². The Morgan fingerprint density at radius 1 is 1.20 bits per heavy atom. The fraction of sp³-hybridized carbons (Fsp3) is 1.00. The molecule has 2 heteroatoms. The summed E-state index contributed by atoms with van der Waals surface area (Å²) in [7, 11) is 0. The largest absolute Gasteiger partial charge is 0.315 e. The lowest BCUT2D eigenvalue weighted by Gasteiger charge is -2.21. The first kappa shape index (κ1) is 13.0. The van der Waals surface area contributed by atoms with Crippen molar-refractivity contribution < 1.29 is 0 Å². The third-order valence-corrected chi connectivity index (χ3v) is 3.00. The van der Waals surface area contributed by atoms with Crippen molar-refractivity contribution in [2.45, 2.75) is 65.0 Å². The van der Waals surface area contributed by atoms with Crippen molar-refractivity contribution in [1.82, 2.24) is 10.2 Å². The molecule has 0 amide bonds. The van der Waals surface area contributed by atoms with Crippen molar-refractivity contribution in [1.29, 1.82) is 0 Å². The Morgan fingerprint density at radius 3 is 2.47 bits per heavy atom. The summed E-state index contributed by atoms with van der Waals surface area (Å²) in [6.45, 7) is 10.5. The molecule has 1 rings (SSSR count). The summed E-state index contributed by atoms with van der Waals surface area (Å²) in [5.74, 6) is 0. The molecule has 0 heterocycles. The quantitative estimate of drug-likeness (QED) is 0.591. The standard InChI is InChI=1S/C13H28N2/c1-4-10-15(13-7-8-13)11-6-5-9-14-12(2)3/h12-14H,4-11H2,1-3H3. The number of hydrogen-bond donors (Lipinski definition) is 1. The zero-order valence-corrected chi connectivity index (χ0v) is 10.8. The maximum absolute atomic E-state index is 3.48. The molecule has 2 nitrogen and oxygen atoms in total. The zero-order valence-electron chi connectivity index (χ0n) is 10.8. The van der Waals surface area contributed by atoms with E-state index in [1.807, 2.05) is 0 Å². The highest BCUT2D eigenvalue weighted by atomic mass is 15.2. The van der Waals surface area contributed by atoms with Crippen LogP contribution in [0.3, 0.4) is 0 Å². The Bertz CT molecular complexity index is 153. The topological polar surface area (TPSA) is 15.3 Å². The Kier molecular flexibility index (Phi) is 6.26. The van der Waals surface area contributed by atoms with Crippen molar-refractivity contribution in [3.05, 3.63) is 0 Å². The van der Waals surface area contributed by atoms with Gasteiger partial charge < -0.3 is 10.2 Å². The smallest absolute Gasteiger partial charge is 0.00964 e. The second-order valence-corrected chi connectivity index (χ2v) is 5.08. The molecule has 0 bridgehead atoms. The van der Waals surface area contributed by atoms with E-state index in [1.165, 1.54) is 51.7 Å². The van der Waals surface area contributed by atoms with Gasteiger partial charge in [0.1, 0.15) is 0 Å². The predicted molar refractivity (Wildman–Crippen MR) is 67.3 cm³/mol. The molecule has 1 aliphatic carbocycles. The normalized spacial score (nSPS) is 16.6. The summed E-state index contributed by atoms with van der Waals surface area (Å²) < 4.78 is 0. The number of nitrogens with one attached hydrogen (secondary N) is 1. The first-order valence-corrected chi connectivity index (χ1v) is 6.71. The van der Waals surface area contributed by atoms with Crippen LogP contribution in [0, 0.1) is 0 Å². The molecule has 0 aromatic heterocycles. The Balaban J connectivity index is 1.96. The second-order valence-electron chi connectivity index (χ2n) is 5.08. The highest BCUT2D eigenvalue weighted by Crippen LogP contribution is 2.26. The van der Waals surface area contributed by atoms with Crippen LogP contribution in [-0.2, 0) is 0 Å². The van der Waals surface area contributed by atoms with Crippen molar-refractivity contribution in [2.24, 2.45) is 0 Å². The number of unbranched alkanes of at least 4 members (excludes halogenated alkanes) is 1. The third-order valence-electron chi connectivity index (χ3n) is 3.00. The number of hydrogen-bond acceptors (Lipinski definition) is 2. The lowest BCUT2D eigenvalue weighted by Crippen LogP contribution is -2.29. The van der Waals surface area contributed by atoms with Crippen LogP contribution in [0.25, 0.3) is 0 Å². The van der Waals surface area contributed by atoms with Gasteiger partial charge in [0, 0.05) is 12.1 Å². The van der Waals surface area contributed by atoms with Gasteiger partial charge in [-0.3, -0.25) is 0 Å². The number of nitrogens with zero attached hydrogens (tertiary/aromatic N) is 1. The molecule has 0 saturated heterocycles. The van der Waals surface area contributed by atoms with E-state index in [1.54, 1.807) is 0 Å². The zero-order chi connectivity index (χ0) is 11.1. The van der Waals surface area contributed by atoms with Crippen LogP contribution in [0.4, 0.5) is 0 Å². The minimum absolute atomic E-state index is 0.639. The molecule has 1 N–H and O–H groups in total. The van der Waals surface area contributed by atoms with E-state index in [2.05, 4.69) is 31.0 Å². The summed E-state index contributed by atoms with van der Waals surface area (Å²) >= 11 is 0. The molecule has 15 heavy (non-hydrogen) atoms. The van der Waals surface area contributed by atoms with Crippen LogP contribution >= 0.6 is 0 Å². The maximum atomic E-state index is 3.48. The molecule has 90 valence electrons. The Morgan fingerprint density at radius 2 is 1.93 bits per heavy atom. The molecule has 0 aliphatic heterocycles. The summed E-state index contributed by atoms with van der Waals surface area (Å²) in [6.07, 6.45) is 6.89. The van der Waals surface area contributed by atoms with Crippen molar-refractivity contribution in [3.8, 4) is 0 Å². The predicted octanol–water partition coefficient (Wildman–Crippen LogP) is 2.64. The highest BCUT2D eigenvalue weighted by Gasteiger charge is 2.27. The minimum Gasteiger partial charge on any atom is -0.315 e. The molecule has 0 atom stereocenters. The van der Waals surface area contributed by atoms with E-state index in [0.29, 0.717) is 6.04 Å². The van der Waals surface area contributed by atoms with Gasteiger partial charge in [0.15, 0.2) is 0 Å². The van der Waals surface area contributed by atoms with Crippen molar-refractivity contribution in [3.63, 3.8) is 0 Å². The van der Waals surface area contributed by atoms with Gasteiger partial charge in [-0.1, -0.05) is 20.8 Å². The van der Waals surface area contributed by atoms with Crippen LogP contribution in [0.2, 0.25) is 0 Å². The molecule has 0 unspecified atom stereocenters. The van der Waals surface area contributed by atoms with E-state index in [-0.39, 0.29) is 0 Å². The SMILES string of the molecule is CCCN(CCCCNC(C)C)C1CC1. The van der Waals surface area contributed by atoms with Crippen LogP contribution in [0.5, 0.6) is 0 Å². The average molecular weight is 212 g/mol. The van der Waals surface area contributed by atoms with Gasteiger partial charge in [0.2, 0.25) is 0 Å². The minimum atomic E-state index is 0.639. The van der Waals surface area contributed by atoms with Crippen LogP contribution in [0.1, 0.15) is 52.9 Å². The highest BCUT2D eigenvalue weighted by molar-refractivity contribution is 4.84. The summed E-state index contributed by atoms with van der Waals surface area (Å²) in [4.78, 5) is 2.69. The maximum Gasteiger partial charge on any atom is 0.00964 e. The van der Waals surface area contributed by atoms with E-state index < -0.39 is 0 Å². The molecule has 1 fully saturated rings. The van der Waals surface area contributed by atoms with Crippen molar-refractivity contribution >= 4 is 0 Å². The lowest BCUT2D eigenvalue weighted by atomic mass is 10.2. The van der Waals surface area contributed by atoms with E-state index in [0.717, 1.165) is 6.04 Å². The number of rotatable bonds is 9. The summed E-state index contributed by atoms with van der Waals surface area (Å²) in [5, 5.41) is 3.48. The van der Waals surface area contributed by atoms with Crippen LogP contribution in [-0.4, -0.2) is 36.6 Å². The Hall–Kier alpha value is -0.0800. The molecular formula is C13H28N2. The third kappa shape index (κ3) is 6.16. The molecule has 1 aliphatic rings. The fourth-order valence-corrected chi connectivity index (χ4v) is 2.03. The lowest BCUT2D eigenvalue weighted by molar-refractivity contribution is 0.257. The summed E-state index contributed by atoms with van der Waals surface area (Å²) in [5.41, 5.74) is 0. The molecule has 1 saturated carbocycles. The van der Waals surface area contributed by atoms with Crippen LogP contribution < -0.4 is 5.32 Å². The molecular weight excluding hydrogens is 184 g/mol. The van der Waals surface area contributed by atoms with E-state index >= 15 is 0 Å². The van der Waals surface area contributed by atoms with E-state index in [9.17, 15) is 0 Å². The summed E-state index contributed by atoms with van der Waals surface area (Å²) in [6, 6.07) is 1.59. The van der Waals surface area contributed by atoms with Gasteiger partial charge in [-0.05, 0) is 51.7 Å². The molecule has 0 aromatic rings. The monoisotopic (exact) mass is 212 g/mol. The van der Waals surface area contributed by atoms with E-state index in [4.69, 9.17) is 0 Å². The molecule has 0 aromatic carbocycles. The fourth-order valence-electron chi connectivity index (χ4n) is 2.03. The van der Waals surface area contributed by atoms with Gasteiger partial charge in [0.25, 0.3) is 0 Å². The van der Waals surface area contributed by atoms with Crippen LogP contribution in [0.15, 0.2) is 0 Å². The van der Waals surface area contributed by atoms with Crippen molar-refractivity contribution in [2.75, 3.05) is 19.6 Å². The first-order chi connectivity index (χ1) is 7.24. The Labute approximate surface area is 95.4 Å². The van der Waals surface area contributed by atoms with Gasteiger partial charge in [-0.15, -0.1) is 0 Å². The van der Waals surface area contributed by atoms with Gasteiger partial charge >= 0.3 is 0 Å². The van der Waals surface area contributed by atoms with Gasteiger partial charge in [-0.2, -0.15) is 0 Å².